The molecule has 0 fully saturated rings. The Hall–Kier alpha value is -1.82. The molecule has 1 amide bonds. The molecule has 1 rings (SSSR count). The second-order valence-electron chi connectivity index (χ2n) is 5.25. The summed E-state index contributed by atoms with van der Waals surface area (Å²) in [4.78, 5) is 13.5. The molecule has 0 radical (unpaired) electrons. The van der Waals surface area contributed by atoms with Crippen molar-refractivity contribution in [2.24, 2.45) is 0 Å². The van der Waals surface area contributed by atoms with Crippen LogP contribution < -0.4 is 0 Å². The first kappa shape index (κ1) is 15.2. The second kappa shape index (κ2) is 6.94. The van der Waals surface area contributed by atoms with Crippen LogP contribution in [0.3, 0.4) is 0 Å². The molecular formula is C16H22N2O. The lowest BCUT2D eigenvalue weighted by molar-refractivity contribution is -0.130. The molecule has 0 spiro atoms. The zero-order valence-electron chi connectivity index (χ0n) is 12.2. The van der Waals surface area contributed by atoms with Crippen molar-refractivity contribution in [3.8, 4) is 6.07 Å². The number of amides is 1. The van der Waals surface area contributed by atoms with Gasteiger partial charge in [0.2, 0.25) is 5.91 Å². The third-order valence-electron chi connectivity index (χ3n) is 3.32. The average molecular weight is 258 g/mol. The van der Waals surface area contributed by atoms with Gasteiger partial charge in [-0.25, -0.2) is 0 Å². The zero-order chi connectivity index (χ0) is 14.4. The predicted molar refractivity (Wildman–Crippen MR) is 76.6 cm³/mol. The summed E-state index contributed by atoms with van der Waals surface area (Å²) in [6.07, 6.45) is 0.587. The Kier molecular flexibility index (Phi) is 5.57. The number of hydrogen-bond acceptors (Lipinski definition) is 2. The highest BCUT2D eigenvalue weighted by Gasteiger charge is 2.11. The molecule has 3 heteroatoms. The van der Waals surface area contributed by atoms with E-state index in [1.807, 2.05) is 6.07 Å². The molecule has 1 aromatic carbocycles. The molecular weight excluding hydrogens is 236 g/mol. The van der Waals surface area contributed by atoms with Crippen LogP contribution in [0, 0.1) is 18.3 Å². The van der Waals surface area contributed by atoms with E-state index in [1.54, 1.807) is 11.9 Å². The van der Waals surface area contributed by atoms with Crippen LogP contribution in [0.25, 0.3) is 0 Å². The zero-order valence-corrected chi connectivity index (χ0v) is 12.2. The van der Waals surface area contributed by atoms with Gasteiger partial charge < -0.3 is 4.90 Å². The molecule has 0 aliphatic heterocycles. The SMILES string of the molecule is Cc1ccc(C(C)C)cc1CN(C)C(=O)CCC#N. The highest BCUT2D eigenvalue weighted by Crippen LogP contribution is 2.19. The Morgan fingerprint density at radius 1 is 1.42 bits per heavy atom. The van der Waals surface area contributed by atoms with Gasteiger partial charge in [-0.05, 0) is 29.5 Å². The highest BCUT2D eigenvalue weighted by atomic mass is 16.2. The highest BCUT2D eigenvalue weighted by molar-refractivity contribution is 5.76. The number of nitriles is 1. The molecule has 0 atom stereocenters. The molecule has 102 valence electrons. The summed E-state index contributed by atoms with van der Waals surface area (Å²) in [5, 5.41) is 8.51. The molecule has 3 nitrogen and oxygen atoms in total. The Bertz CT molecular complexity index is 486. The first-order chi connectivity index (χ1) is 8.95. The fourth-order valence-electron chi connectivity index (χ4n) is 1.92. The van der Waals surface area contributed by atoms with Crippen LogP contribution >= 0.6 is 0 Å². The van der Waals surface area contributed by atoms with E-state index in [0.29, 0.717) is 18.9 Å². The lowest BCUT2D eigenvalue weighted by atomic mass is 9.97. The number of hydrogen-bond donors (Lipinski definition) is 0. The van der Waals surface area contributed by atoms with Crippen molar-refractivity contribution in [2.45, 2.75) is 46.1 Å². The molecule has 19 heavy (non-hydrogen) atoms. The molecule has 0 unspecified atom stereocenters. The number of aryl methyl sites for hydroxylation is 1. The Morgan fingerprint density at radius 2 is 2.11 bits per heavy atom. The van der Waals surface area contributed by atoms with E-state index in [2.05, 4.69) is 39.0 Å². The lowest BCUT2D eigenvalue weighted by Gasteiger charge is -2.19. The van der Waals surface area contributed by atoms with Crippen molar-refractivity contribution in [3.63, 3.8) is 0 Å². The molecule has 0 aliphatic rings. The fourth-order valence-corrected chi connectivity index (χ4v) is 1.92. The largest absolute Gasteiger partial charge is 0.341 e. The first-order valence-electron chi connectivity index (χ1n) is 6.66. The maximum atomic E-state index is 11.8. The minimum absolute atomic E-state index is 0.0240. The van der Waals surface area contributed by atoms with E-state index >= 15 is 0 Å². The average Bonchev–Trinajstić information content (AvgIpc) is 2.38. The number of nitrogens with zero attached hydrogens (tertiary/aromatic N) is 2. The maximum Gasteiger partial charge on any atom is 0.223 e. The van der Waals surface area contributed by atoms with E-state index < -0.39 is 0 Å². The normalized spacial score (nSPS) is 10.3. The minimum Gasteiger partial charge on any atom is -0.341 e. The van der Waals surface area contributed by atoms with E-state index in [-0.39, 0.29) is 12.3 Å². The topological polar surface area (TPSA) is 44.1 Å². The fraction of sp³-hybridized carbons (Fsp3) is 0.500. The van der Waals surface area contributed by atoms with E-state index in [4.69, 9.17) is 5.26 Å². The predicted octanol–water partition coefficient (Wildman–Crippen LogP) is 3.38. The van der Waals surface area contributed by atoms with Crippen molar-refractivity contribution in [3.05, 3.63) is 34.9 Å². The molecule has 0 aliphatic carbocycles. The van der Waals surface area contributed by atoms with E-state index in [9.17, 15) is 4.79 Å². The van der Waals surface area contributed by atoms with Crippen LogP contribution in [-0.2, 0) is 11.3 Å². The summed E-state index contributed by atoms with van der Waals surface area (Å²) in [5.41, 5.74) is 3.67. The van der Waals surface area contributed by atoms with Gasteiger partial charge in [-0.3, -0.25) is 4.79 Å². The van der Waals surface area contributed by atoms with Gasteiger partial charge in [-0.2, -0.15) is 5.26 Å². The van der Waals surface area contributed by atoms with Crippen molar-refractivity contribution >= 4 is 5.91 Å². The summed E-state index contributed by atoms with van der Waals surface area (Å²) in [6, 6.07) is 8.43. The molecule has 0 heterocycles. The van der Waals surface area contributed by atoms with Gasteiger partial charge in [-0.1, -0.05) is 32.0 Å². The minimum atomic E-state index is 0.0240. The van der Waals surface area contributed by atoms with Gasteiger partial charge in [-0.15, -0.1) is 0 Å². The van der Waals surface area contributed by atoms with E-state index in [0.717, 1.165) is 0 Å². The van der Waals surface area contributed by atoms with Gasteiger partial charge in [0.1, 0.15) is 0 Å². The van der Waals surface area contributed by atoms with Crippen molar-refractivity contribution in [1.82, 2.24) is 4.90 Å². The summed E-state index contributed by atoms with van der Waals surface area (Å²) < 4.78 is 0. The van der Waals surface area contributed by atoms with Crippen LogP contribution in [-0.4, -0.2) is 17.9 Å². The molecule has 0 saturated carbocycles. The molecule has 0 bridgehead atoms. The van der Waals surface area contributed by atoms with Gasteiger partial charge in [0, 0.05) is 26.4 Å². The lowest BCUT2D eigenvalue weighted by Crippen LogP contribution is -2.26. The van der Waals surface area contributed by atoms with Crippen molar-refractivity contribution in [2.75, 3.05) is 7.05 Å². The number of carbonyl (C=O) groups excluding carboxylic acids is 1. The number of carbonyl (C=O) groups is 1. The van der Waals surface area contributed by atoms with E-state index in [1.165, 1.54) is 16.7 Å². The summed E-state index contributed by atoms with van der Waals surface area (Å²) >= 11 is 0. The Morgan fingerprint density at radius 3 is 2.68 bits per heavy atom. The summed E-state index contributed by atoms with van der Waals surface area (Å²) in [6.45, 7) is 7.00. The first-order valence-corrected chi connectivity index (χ1v) is 6.66. The third-order valence-corrected chi connectivity index (χ3v) is 3.32. The third kappa shape index (κ3) is 4.40. The standard InChI is InChI=1S/C16H22N2O/c1-12(2)14-8-7-13(3)15(10-14)11-18(4)16(19)6-5-9-17/h7-8,10,12H,5-6,11H2,1-4H3. The Balaban J connectivity index is 2.78. The maximum absolute atomic E-state index is 11.8. The van der Waals surface area contributed by atoms with Gasteiger partial charge in [0.15, 0.2) is 0 Å². The van der Waals surface area contributed by atoms with Crippen LogP contribution in [0.1, 0.15) is 49.3 Å². The number of benzene rings is 1. The second-order valence-corrected chi connectivity index (χ2v) is 5.25. The monoisotopic (exact) mass is 258 g/mol. The van der Waals surface area contributed by atoms with Crippen LogP contribution in [0.2, 0.25) is 0 Å². The number of rotatable bonds is 5. The quantitative estimate of drug-likeness (QED) is 0.812. The van der Waals surface area contributed by atoms with Gasteiger partial charge in [0.05, 0.1) is 6.07 Å². The Labute approximate surface area is 115 Å². The van der Waals surface area contributed by atoms with Crippen LogP contribution in [0.4, 0.5) is 0 Å². The molecule has 0 N–H and O–H groups in total. The molecule has 0 aromatic heterocycles. The smallest absolute Gasteiger partial charge is 0.223 e. The molecule has 1 aromatic rings. The van der Waals surface area contributed by atoms with Crippen LogP contribution in [0.5, 0.6) is 0 Å². The van der Waals surface area contributed by atoms with Gasteiger partial charge >= 0.3 is 0 Å². The van der Waals surface area contributed by atoms with Crippen LogP contribution in [0.15, 0.2) is 18.2 Å². The summed E-state index contributed by atoms with van der Waals surface area (Å²) in [5.74, 6) is 0.509. The molecule has 0 saturated heterocycles. The summed E-state index contributed by atoms with van der Waals surface area (Å²) in [7, 11) is 1.79. The van der Waals surface area contributed by atoms with Crippen molar-refractivity contribution in [1.29, 1.82) is 5.26 Å². The van der Waals surface area contributed by atoms with Gasteiger partial charge in [0.25, 0.3) is 0 Å². The van der Waals surface area contributed by atoms with Crippen molar-refractivity contribution < 1.29 is 4.79 Å².